The van der Waals surface area contributed by atoms with Crippen LogP contribution in [0.15, 0.2) is 18.2 Å². The molecule has 1 aliphatic carbocycles. The lowest BCUT2D eigenvalue weighted by molar-refractivity contribution is -0.141. The Morgan fingerprint density at radius 2 is 2.10 bits per heavy atom. The van der Waals surface area contributed by atoms with E-state index in [1.807, 2.05) is 0 Å². The third-order valence-corrected chi connectivity index (χ3v) is 4.01. The number of carboxylic acid groups (broad SMARTS) is 1. The number of ether oxygens (including phenoxy) is 1. The van der Waals surface area contributed by atoms with E-state index in [9.17, 15) is 14.7 Å². The van der Waals surface area contributed by atoms with Crippen LogP contribution in [0.4, 0.5) is 0 Å². The number of nitrogens with one attached hydrogen (secondary N) is 1. The number of aromatic hydroxyl groups is 1. The molecule has 1 aromatic rings. The van der Waals surface area contributed by atoms with Crippen molar-refractivity contribution in [1.82, 2.24) is 5.32 Å². The Morgan fingerprint density at radius 3 is 2.57 bits per heavy atom. The molecule has 3 N–H and O–H groups in total. The molecule has 1 fully saturated rings. The predicted molar refractivity (Wildman–Crippen MR) is 75.5 cm³/mol. The van der Waals surface area contributed by atoms with Crippen molar-refractivity contribution in [3.8, 4) is 11.5 Å². The second kappa shape index (κ2) is 6.03. The first-order valence-electron chi connectivity index (χ1n) is 6.83. The highest BCUT2D eigenvalue weighted by molar-refractivity contribution is 5.94. The zero-order valence-corrected chi connectivity index (χ0v) is 11.9. The summed E-state index contributed by atoms with van der Waals surface area (Å²) in [6, 6.07) is 4.40. The summed E-state index contributed by atoms with van der Waals surface area (Å²) in [5.41, 5.74) is -0.00572. The van der Waals surface area contributed by atoms with Gasteiger partial charge in [0, 0.05) is 12.1 Å². The number of hydrogen-bond donors (Lipinski definition) is 3. The third-order valence-electron chi connectivity index (χ3n) is 4.01. The minimum Gasteiger partial charge on any atom is -0.504 e. The Bertz CT molecular complexity index is 551. The smallest absolute Gasteiger partial charge is 0.303 e. The molecule has 6 nitrogen and oxygen atoms in total. The second-order valence-electron chi connectivity index (χ2n) is 5.49. The topological polar surface area (TPSA) is 95.9 Å². The van der Waals surface area contributed by atoms with Crippen molar-refractivity contribution >= 4 is 11.9 Å². The van der Waals surface area contributed by atoms with E-state index in [4.69, 9.17) is 9.84 Å². The molecule has 0 atom stereocenters. The number of rotatable bonds is 6. The largest absolute Gasteiger partial charge is 0.504 e. The Kier molecular flexibility index (Phi) is 4.35. The molecular formula is C15H19NO5. The average Bonchev–Trinajstić information content (AvgIpc) is 2.40. The van der Waals surface area contributed by atoms with Gasteiger partial charge >= 0.3 is 5.97 Å². The molecule has 1 aliphatic rings. The van der Waals surface area contributed by atoms with Crippen molar-refractivity contribution in [2.45, 2.75) is 25.7 Å². The Morgan fingerprint density at radius 1 is 1.38 bits per heavy atom. The zero-order chi connectivity index (χ0) is 15.5. The summed E-state index contributed by atoms with van der Waals surface area (Å²) in [7, 11) is 1.43. The van der Waals surface area contributed by atoms with Crippen LogP contribution in [0.2, 0.25) is 0 Å². The maximum absolute atomic E-state index is 12.1. The van der Waals surface area contributed by atoms with E-state index in [1.165, 1.54) is 19.2 Å². The first kappa shape index (κ1) is 15.2. The molecule has 0 aliphatic heterocycles. The summed E-state index contributed by atoms with van der Waals surface area (Å²) < 4.78 is 4.92. The van der Waals surface area contributed by atoms with Crippen molar-refractivity contribution in [3.05, 3.63) is 23.8 Å². The molecule has 0 saturated heterocycles. The van der Waals surface area contributed by atoms with Crippen molar-refractivity contribution < 1.29 is 24.5 Å². The van der Waals surface area contributed by atoms with E-state index in [2.05, 4.69) is 5.32 Å². The highest BCUT2D eigenvalue weighted by Crippen LogP contribution is 2.43. The summed E-state index contributed by atoms with van der Waals surface area (Å²) in [6.07, 6.45) is 2.69. The minimum atomic E-state index is -0.842. The number of carbonyl (C=O) groups is 2. The van der Waals surface area contributed by atoms with Gasteiger partial charge in [-0.15, -0.1) is 0 Å². The summed E-state index contributed by atoms with van der Waals surface area (Å²) in [5.74, 6) is -0.974. The van der Waals surface area contributed by atoms with Crippen molar-refractivity contribution in [2.75, 3.05) is 13.7 Å². The van der Waals surface area contributed by atoms with Crippen molar-refractivity contribution in [1.29, 1.82) is 0 Å². The van der Waals surface area contributed by atoms with Gasteiger partial charge in [0.2, 0.25) is 0 Å². The van der Waals surface area contributed by atoms with E-state index in [1.54, 1.807) is 6.07 Å². The molecule has 0 radical (unpaired) electrons. The van der Waals surface area contributed by atoms with Crippen molar-refractivity contribution in [2.24, 2.45) is 5.41 Å². The fourth-order valence-corrected chi connectivity index (χ4v) is 2.61. The number of aliphatic carboxylic acids is 1. The van der Waals surface area contributed by atoms with Gasteiger partial charge < -0.3 is 20.3 Å². The van der Waals surface area contributed by atoms with E-state index in [0.717, 1.165) is 19.3 Å². The van der Waals surface area contributed by atoms with Gasteiger partial charge in [0.25, 0.3) is 5.91 Å². The van der Waals surface area contributed by atoms with Gasteiger partial charge in [0.1, 0.15) is 0 Å². The van der Waals surface area contributed by atoms with Crippen LogP contribution in [0.5, 0.6) is 11.5 Å². The van der Waals surface area contributed by atoms with Crippen LogP contribution in [-0.2, 0) is 4.79 Å². The number of phenolic OH excluding ortho intramolecular Hbond substituents is 1. The third kappa shape index (κ3) is 3.45. The molecule has 2 rings (SSSR count). The molecular weight excluding hydrogens is 274 g/mol. The van der Waals surface area contributed by atoms with Gasteiger partial charge in [-0.1, -0.05) is 6.42 Å². The quantitative estimate of drug-likeness (QED) is 0.743. The van der Waals surface area contributed by atoms with Gasteiger partial charge in [-0.25, -0.2) is 0 Å². The molecule has 0 aromatic heterocycles. The molecule has 1 saturated carbocycles. The van der Waals surface area contributed by atoms with E-state index in [0.29, 0.717) is 17.9 Å². The number of phenols is 1. The Balaban J connectivity index is 1.98. The van der Waals surface area contributed by atoms with Gasteiger partial charge in [0.05, 0.1) is 13.5 Å². The van der Waals surface area contributed by atoms with Crippen LogP contribution in [0.25, 0.3) is 0 Å². The highest BCUT2D eigenvalue weighted by atomic mass is 16.5. The van der Waals surface area contributed by atoms with E-state index < -0.39 is 5.97 Å². The highest BCUT2D eigenvalue weighted by Gasteiger charge is 2.39. The van der Waals surface area contributed by atoms with Gasteiger partial charge in [0.15, 0.2) is 11.5 Å². The lowest BCUT2D eigenvalue weighted by Gasteiger charge is -2.40. The van der Waals surface area contributed by atoms with Crippen LogP contribution < -0.4 is 10.1 Å². The van der Waals surface area contributed by atoms with E-state index >= 15 is 0 Å². The van der Waals surface area contributed by atoms with Gasteiger partial charge in [-0.3, -0.25) is 9.59 Å². The standard InChI is InChI=1S/C15H19NO5/c1-21-12-4-3-10(7-11(12)17)14(20)16-9-15(5-2-6-15)8-13(18)19/h3-4,7,17H,2,5-6,8-9H2,1H3,(H,16,20)(H,18,19). The van der Waals surface area contributed by atoms with Crippen LogP contribution in [0.1, 0.15) is 36.0 Å². The number of benzene rings is 1. The monoisotopic (exact) mass is 293 g/mol. The zero-order valence-electron chi connectivity index (χ0n) is 11.9. The summed E-state index contributed by atoms with van der Waals surface area (Å²) in [5, 5.41) is 21.4. The van der Waals surface area contributed by atoms with Crippen LogP contribution in [0.3, 0.4) is 0 Å². The number of carbonyl (C=O) groups excluding carboxylic acids is 1. The fraction of sp³-hybridized carbons (Fsp3) is 0.467. The Hall–Kier alpha value is -2.24. The maximum atomic E-state index is 12.1. The van der Waals surface area contributed by atoms with Crippen LogP contribution >= 0.6 is 0 Å². The molecule has 0 heterocycles. The van der Waals surface area contributed by atoms with Crippen LogP contribution in [0, 0.1) is 5.41 Å². The summed E-state index contributed by atoms with van der Waals surface area (Å²) >= 11 is 0. The lowest BCUT2D eigenvalue weighted by Crippen LogP contribution is -2.43. The number of amides is 1. The lowest BCUT2D eigenvalue weighted by atomic mass is 9.66. The first-order chi connectivity index (χ1) is 9.96. The number of carboxylic acids is 1. The number of hydrogen-bond acceptors (Lipinski definition) is 4. The first-order valence-corrected chi connectivity index (χ1v) is 6.83. The molecule has 1 aromatic carbocycles. The molecule has 0 spiro atoms. The summed E-state index contributed by atoms with van der Waals surface area (Å²) in [4.78, 5) is 22.9. The SMILES string of the molecule is COc1ccc(C(=O)NCC2(CC(=O)O)CCC2)cc1O. The summed E-state index contributed by atoms with van der Waals surface area (Å²) in [6.45, 7) is 0.338. The molecule has 0 unspecified atom stereocenters. The molecule has 114 valence electrons. The van der Waals surface area contributed by atoms with Gasteiger partial charge in [-0.05, 0) is 36.5 Å². The molecule has 1 amide bonds. The Labute approximate surface area is 122 Å². The molecule has 0 bridgehead atoms. The van der Waals surface area contributed by atoms with Crippen LogP contribution in [-0.4, -0.2) is 35.7 Å². The number of methoxy groups -OCH3 is 1. The maximum Gasteiger partial charge on any atom is 0.303 e. The molecule has 21 heavy (non-hydrogen) atoms. The second-order valence-corrected chi connectivity index (χ2v) is 5.49. The van der Waals surface area contributed by atoms with E-state index in [-0.39, 0.29) is 23.5 Å². The predicted octanol–water partition coefficient (Wildman–Crippen LogP) is 1.78. The van der Waals surface area contributed by atoms with Gasteiger partial charge in [-0.2, -0.15) is 0 Å². The molecule has 6 heteroatoms. The van der Waals surface area contributed by atoms with Crippen molar-refractivity contribution in [3.63, 3.8) is 0 Å². The minimum absolute atomic E-state index is 0.0706. The fourth-order valence-electron chi connectivity index (χ4n) is 2.61. The normalized spacial score (nSPS) is 15.9. The average molecular weight is 293 g/mol.